The van der Waals surface area contributed by atoms with Gasteiger partial charge in [-0.2, -0.15) is 11.8 Å². The van der Waals surface area contributed by atoms with Crippen molar-refractivity contribution < 1.29 is 14.3 Å². The Morgan fingerprint density at radius 2 is 2.13 bits per heavy atom. The van der Waals surface area contributed by atoms with Crippen molar-refractivity contribution in [3.8, 4) is 5.75 Å². The first-order chi connectivity index (χ1) is 14.9. The van der Waals surface area contributed by atoms with E-state index in [1.54, 1.807) is 42.1 Å². The van der Waals surface area contributed by atoms with Crippen LogP contribution >= 0.6 is 35.0 Å². The highest BCUT2D eigenvalue weighted by Gasteiger charge is 2.60. The predicted molar refractivity (Wildman–Crippen MR) is 126 cm³/mol. The summed E-state index contributed by atoms with van der Waals surface area (Å²) in [7, 11) is 1.53. The van der Waals surface area contributed by atoms with Crippen LogP contribution in [0.2, 0.25) is 10.0 Å². The zero-order chi connectivity index (χ0) is 22.2. The molecule has 2 aromatic carbocycles. The Balaban J connectivity index is 1.73. The van der Waals surface area contributed by atoms with E-state index in [0.29, 0.717) is 39.2 Å². The fraction of sp³-hybridized carbons (Fsp3) is 0.364. The zero-order valence-electron chi connectivity index (χ0n) is 17.1. The Morgan fingerprint density at radius 1 is 1.32 bits per heavy atom. The number of thioether (sulfide) groups is 1. The number of rotatable bonds is 6. The number of ether oxygens (including phenoxy) is 1. The predicted octanol–water partition coefficient (Wildman–Crippen LogP) is 4.52. The van der Waals surface area contributed by atoms with Crippen LogP contribution in [0.5, 0.6) is 5.75 Å². The normalized spacial score (nSPS) is 24.2. The Kier molecular flexibility index (Phi) is 6.40. The number of anilines is 2. The number of nitrogens with one attached hydrogen (secondary N) is 3. The summed E-state index contributed by atoms with van der Waals surface area (Å²) in [5.41, 5.74) is 0.548. The van der Waals surface area contributed by atoms with Gasteiger partial charge in [0.1, 0.15) is 11.3 Å². The van der Waals surface area contributed by atoms with Gasteiger partial charge in [-0.05, 0) is 49.1 Å². The van der Waals surface area contributed by atoms with Gasteiger partial charge in [-0.3, -0.25) is 14.9 Å². The molecule has 1 spiro atoms. The number of hydrogen-bond acceptors (Lipinski definition) is 5. The van der Waals surface area contributed by atoms with Gasteiger partial charge in [0.2, 0.25) is 11.8 Å². The highest BCUT2D eigenvalue weighted by Crippen LogP contribution is 2.49. The van der Waals surface area contributed by atoms with E-state index in [4.69, 9.17) is 27.9 Å². The first-order valence-electron chi connectivity index (χ1n) is 9.92. The van der Waals surface area contributed by atoms with Crippen LogP contribution in [-0.2, 0) is 15.1 Å². The second-order valence-electron chi connectivity index (χ2n) is 7.67. The summed E-state index contributed by atoms with van der Waals surface area (Å²) in [5, 5.41) is 10.2. The Morgan fingerprint density at radius 3 is 2.87 bits per heavy atom. The maximum absolute atomic E-state index is 13.5. The van der Waals surface area contributed by atoms with E-state index in [-0.39, 0.29) is 17.9 Å². The second-order valence-corrected chi connectivity index (χ2v) is 9.50. The van der Waals surface area contributed by atoms with Crippen LogP contribution in [0.25, 0.3) is 0 Å². The summed E-state index contributed by atoms with van der Waals surface area (Å²) in [6, 6.07) is 10.4. The molecule has 6 nitrogen and oxygen atoms in total. The second kappa shape index (κ2) is 8.90. The molecule has 2 aromatic rings. The SMILES string of the molecule is COc1ccc(Cl)cc1NC(=O)[C@@H]1C[C@@H](CCSC)N[C@@]12C(=O)Nc1c(Cl)cccc12. The molecule has 0 aromatic heterocycles. The van der Waals surface area contributed by atoms with Crippen molar-refractivity contribution in [1.29, 1.82) is 0 Å². The van der Waals surface area contributed by atoms with Crippen LogP contribution in [0.3, 0.4) is 0 Å². The lowest BCUT2D eigenvalue weighted by Gasteiger charge is -2.29. The number of hydrogen-bond donors (Lipinski definition) is 3. The third kappa shape index (κ3) is 3.89. The third-order valence-corrected chi connectivity index (χ3v) is 7.11. The quantitative estimate of drug-likeness (QED) is 0.567. The molecule has 0 radical (unpaired) electrons. The summed E-state index contributed by atoms with van der Waals surface area (Å²) >= 11 is 14.2. The summed E-state index contributed by atoms with van der Waals surface area (Å²) in [6.45, 7) is 0. The average molecular weight is 480 g/mol. The van der Waals surface area contributed by atoms with E-state index in [0.717, 1.165) is 12.2 Å². The van der Waals surface area contributed by atoms with E-state index >= 15 is 0 Å². The molecule has 2 aliphatic heterocycles. The molecule has 2 heterocycles. The Labute approximate surface area is 195 Å². The topological polar surface area (TPSA) is 79.5 Å². The van der Waals surface area contributed by atoms with Crippen LogP contribution in [-0.4, -0.2) is 37.0 Å². The van der Waals surface area contributed by atoms with Crippen LogP contribution in [0.1, 0.15) is 18.4 Å². The first-order valence-corrected chi connectivity index (χ1v) is 12.1. The summed E-state index contributed by atoms with van der Waals surface area (Å²) in [5.74, 6) is 0.246. The van der Waals surface area contributed by atoms with Crippen molar-refractivity contribution in [3.05, 3.63) is 52.0 Å². The lowest BCUT2D eigenvalue weighted by atomic mass is 9.79. The van der Waals surface area contributed by atoms with Gasteiger partial charge in [0.05, 0.1) is 29.4 Å². The molecule has 0 bridgehead atoms. The highest BCUT2D eigenvalue weighted by molar-refractivity contribution is 7.98. The minimum atomic E-state index is -1.18. The van der Waals surface area contributed by atoms with Crippen LogP contribution in [0.15, 0.2) is 36.4 Å². The zero-order valence-corrected chi connectivity index (χ0v) is 19.5. The Bertz CT molecular complexity index is 1040. The number of methoxy groups -OCH3 is 1. The number of benzene rings is 2. The molecule has 1 saturated heterocycles. The number of carbonyl (C=O) groups is 2. The maximum Gasteiger partial charge on any atom is 0.250 e. The van der Waals surface area contributed by atoms with Crippen molar-refractivity contribution >= 4 is 58.2 Å². The van der Waals surface area contributed by atoms with E-state index < -0.39 is 11.5 Å². The highest BCUT2D eigenvalue weighted by atomic mass is 35.5. The fourth-order valence-corrected chi connectivity index (χ4v) is 5.41. The molecule has 9 heteroatoms. The molecule has 164 valence electrons. The van der Waals surface area contributed by atoms with E-state index in [2.05, 4.69) is 16.0 Å². The van der Waals surface area contributed by atoms with Crippen molar-refractivity contribution in [2.75, 3.05) is 29.8 Å². The molecule has 1 fully saturated rings. The minimum Gasteiger partial charge on any atom is -0.495 e. The number of para-hydroxylation sites is 1. The number of amides is 2. The summed E-state index contributed by atoms with van der Waals surface area (Å²) < 4.78 is 5.36. The van der Waals surface area contributed by atoms with Crippen molar-refractivity contribution in [2.24, 2.45) is 5.92 Å². The standard InChI is InChI=1S/C22H23Cl2N3O3S/c1-30-18-7-6-12(23)10-17(18)25-20(28)15-11-13(8-9-31-2)27-22(15)14-4-3-5-16(24)19(14)26-21(22)29/h3-7,10,13,15,27H,8-9,11H2,1-2H3,(H,25,28)(H,26,29)/t13-,15+,22-/m1/s1. The van der Waals surface area contributed by atoms with Gasteiger partial charge in [0.15, 0.2) is 0 Å². The van der Waals surface area contributed by atoms with Gasteiger partial charge in [0.25, 0.3) is 0 Å². The largest absolute Gasteiger partial charge is 0.495 e. The molecule has 0 saturated carbocycles. The van der Waals surface area contributed by atoms with Gasteiger partial charge >= 0.3 is 0 Å². The van der Waals surface area contributed by atoms with Gasteiger partial charge in [-0.1, -0.05) is 35.3 Å². The van der Waals surface area contributed by atoms with Crippen LogP contribution in [0, 0.1) is 5.92 Å². The smallest absolute Gasteiger partial charge is 0.250 e. The maximum atomic E-state index is 13.5. The lowest BCUT2D eigenvalue weighted by Crippen LogP contribution is -2.52. The molecule has 31 heavy (non-hydrogen) atoms. The van der Waals surface area contributed by atoms with Crippen LogP contribution < -0.4 is 20.7 Å². The van der Waals surface area contributed by atoms with Gasteiger partial charge < -0.3 is 15.4 Å². The van der Waals surface area contributed by atoms with Gasteiger partial charge in [-0.15, -0.1) is 0 Å². The van der Waals surface area contributed by atoms with Crippen molar-refractivity contribution in [3.63, 3.8) is 0 Å². The lowest BCUT2D eigenvalue weighted by molar-refractivity contribution is -0.130. The summed E-state index contributed by atoms with van der Waals surface area (Å²) in [4.78, 5) is 26.9. The van der Waals surface area contributed by atoms with Crippen molar-refractivity contribution in [1.82, 2.24) is 5.32 Å². The fourth-order valence-electron chi connectivity index (χ4n) is 4.50. The average Bonchev–Trinajstić information content (AvgIpc) is 3.27. The third-order valence-electron chi connectivity index (χ3n) is 5.92. The molecule has 2 aliphatic rings. The molecule has 3 N–H and O–H groups in total. The first kappa shape index (κ1) is 22.3. The molecular formula is C22H23Cl2N3O3S. The van der Waals surface area contributed by atoms with E-state index in [1.807, 2.05) is 12.3 Å². The number of fused-ring (bicyclic) bond motifs is 2. The molecule has 2 amide bonds. The van der Waals surface area contributed by atoms with E-state index in [9.17, 15) is 9.59 Å². The summed E-state index contributed by atoms with van der Waals surface area (Å²) in [6.07, 6.45) is 3.41. The molecule has 0 aliphatic carbocycles. The van der Waals surface area contributed by atoms with Crippen LogP contribution in [0.4, 0.5) is 11.4 Å². The van der Waals surface area contributed by atoms with E-state index in [1.165, 1.54) is 7.11 Å². The Hall–Kier alpha value is -1.93. The molecule has 4 rings (SSSR count). The number of halogens is 2. The molecule has 0 unspecified atom stereocenters. The van der Waals surface area contributed by atoms with Gasteiger partial charge in [-0.25, -0.2) is 0 Å². The monoisotopic (exact) mass is 479 g/mol. The molecular weight excluding hydrogens is 457 g/mol. The van der Waals surface area contributed by atoms with Gasteiger partial charge in [0, 0.05) is 16.6 Å². The van der Waals surface area contributed by atoms with Crippen molar-refractivity contribution in [2.45, 2.75) is 24.4 Å². The number of carbonyl (C=O) groups excluding carboxylic acids is 2. The minimum absolute atomic E-state index is 0.0140. The molecule has 3 atom stereocenters.